The molecule has 92 valence electrons. The average molecular weight is 353 g/mol. The Kier molecular flexibility index (Phi) is 4.20. The Morgan fingerprint density at radius 2 is 2.06 bits per heavy atom. The van der Waals surface area contributed by atoms with Gasteiger partial charge in [0, 0.05) is 34.7 Å². The van der Waals surface area contributed by atoms with Gasteiger partial charge in [-0.05, 0) is 10.9 Å². The second-order valence-corrected chi connectivity index (χ2v) is 4.18. The summed E-state index contributed by atoms with van der Waals surface area (Å²) >= 11 is 1.95. The van der Waals surface area contributed by atoms with Crippen molar-refractivity contribution in [1.82, 2.24) is 14.3 Å². The quantitative estimate of drug-likeness (QED) is 0.627. The third kappa shape index (κ3) is 2.48. The number of nitrogens with zero attached hydrogens (tertiary/aromatic N) is 3. The van der Waals surface area contributed by atoms with E-state index in [1.165, 1.54) is 4.68 Å². The van der Waals surface area contributed by atoms with Crippen LogP contribution in [0.15, 0.2) is 35.1 Å². The van der Waals surface area contributed by atoms with E-state index in [9.17, 15) is 4.79 Å². The molecule has 18 heavy (non-hydrogen) atoms. The van der Waals surface area contributed by atoms with Crippen LogP contribution in [0.25, 0.3) is 11.4 Å². The smallest absolute Gasteiger partial charge is 0.275 e. The van der Waals surface area contributed by atoms with Gasteiger partial charge in [-0.3, -0.25) is 4.57 Å². The van der Waals surface area contributed by atoms with Crippen LogP contribution >= 0.6 is 22.6 Å². The van der Waals surface area contributed by atoms with Crippen LogP contribution in [0.3, 0.4) is 0 Å². The monoisotopic (exact) mass is 353 g/mol. The second-order valence-electron chi connectivity index (χ2n) is 3.65. The van der Waals surface area contributed by atoms with Crippen LogP contribution in [0.1, 0.15) is 6.92 Å². The summed E-state index contributed by atoms with van der Waals surface area (Å²) in [7, 11) is 0. The lowest BCUT2D eigenvalue weighted by Gasteiger charge is -2.00. The molecular formula is C13H12IN3O. The highest BCUT2D eigenvalue weighted by molar-refractivity contribution is 14.1. The predicted molar refractivity (Wildman–Crippen MR) is 79.4 cm³/mol. The van der Waals surface area contributed by atoms with Crippen molar-refractivity contribution < 1.29 is 0 Å². The summed E-state index contributed by atoms with van der Waals surface area (Å²) in [4.78, 5) is 12.1. The zero-order valence-corrected chi connectivity index (χ0v) is 12.1. The first-order valence-corrected chi connectivity index (χ1v) is 6.67. The molecule has 2 aromatic rings. The molecule has 5 heteroatoms. The molecule has 0 aliphatic rings. The zero-order chi connectivity index (χ0) is 13.0. The lowest BCUT2D eigenvalue weighted by atomic mass is 10.2. The summed E-state index contributed by atoms with van der Waals surface area (Å²) < 4.78 is 5.80. The highest BCUT2D eigenvalue weighted by atomic mass is 127. The topological polar surface area (TPSA) is 39.8 Å². The molecule has 1 heterocycles. The standard InChI is InChI=1S/C13H12IN3O/c1-2-16-12(11-7-4-3-5-8-11)15-17(13(16)18)10-6-9-14/h3-5,7-8H,2,10H2,1H3. The molecule has 0 fully saturated rings. The van der Waals surface area contributed by atoms with Crippen LogP contribution in [0.4, 0.5) is 0 Å². The van der Waals surface area contributed by atoms with E-state index in [0.717, 1.165) is 5.56 Å². The fourth-order valence-electron chi connectivity index (χ4n) is 1.73. The van der Waals surface area contributed by atoms with Gasteiger partial charge in [0.1, 0.15) is 6.54 Å². The zero-order valence-electron chi connectivity index (χ0n) is 9.93. The van der Waals surface area contributed by atoms with Crippen LogP contribution < -0.4 is 5.69 Å². The number of hydrogen-bond donors (Lipinski definition) is 0. The van der Waals surface area contributed by atoms with Crippen molar-refractivity contribution in [3.8, 4) is 21.2 Å². The van der Waals surface area contributed by atoms with Crippen molar-refractivity contribution in [3.05, 3.63) is 40.8 Å². The SMILES string of the molecule is CCn1c(-c2ccccc2)nn(CC#CI)c1=O. The molecule has 0 unspecified atom stereocenters. The van der Waals surface area contributed by atoms with Crippen molar-refractivity contribution >= 4 is 22.6 Å². The maximum absolute atomic E-state index is 12.1. The summed E-state index contributed by atoms with van der Waals surface area (Å²) in [6.07, 6.45) is 0. The van der Waals surface area contributed by atoms with Gasteiger partial charge in [0.05, 0.1) is 0 Å². The van der Waals surface area contributed by atoms with Crippen LogP contribution in [-0.4, -0.2) is 14.3 Å². The molecule has 0 aliphatic carbocycles. The Balaban J connectivity index is 2.53. The van der Waals surface area contributed by atoms with Crippen LogP contribution in [0, 0.1) is 9.85 Å². The fourth-order valence-corrected chi connectivity index (χ4v) is 1.91. The molecule has 0 N–H and O–H groups in total. The van der Waals surface area contributed by atoms with Gasteiger partial charge >= 0.3 is 5.69 Å². The second kappa shape index (κ2) is 5.87. The summed E-state index contributed by atoms with van der Waals surface area (Å²) in [5.41, 5.74) is 0.827. The molecule has 0 saturated heterocycles. The number of rotatable bonds is 3. The minimum Gasteiger partial charge on any atom is -0.275 e. The molecule has 1 aromatic carbocycles. The molecule has 0 aliphatic heterocycles. The molecule has 0 saturated carbocycles. The maximum Gasteiger partial charge on any atom is 0.347 e. The van der Waals surface area contributed by atoms with Gasteiger partial charge in [0.25, 0.3) is 0 Å². The largest absolute Gasteiger partial charge is 0.347 e. The lowest BCUT2D eigenvalue weighted by molar-refractivity contribution is 0.649. The number of halogens is 1. The third-order valence-corrected chi connectivity index (χ3v) is 2.95. The molecule has 1 aromatic heterocycles. The number of aromatic nitrogens is 3. The van der Waals surface area contributed by atoms with Crippen molar-refractivity contribution in [2.24, 2.45) is 0 Å². The Hall–Kier alpha value is -1.55. The Bertz CT molecular complexity index is 646. The van der Waals surface area contributed by atoms with E-state index >= 15 is 0 Å². The van der Waals surface area contributed by atoms with Crippen LogP contribution in [0.5, 0.6) is 0 Å². The van der Waals surface area contributed by atoms with Crippen LogP contribution in [0.2, 0.25) is 0 Å². The summed E-state index contributed by atoms with van der Waals surface area (Å²) in [5.74, 6) is 3.54. The highest BCUT2D eigenvalue weighted by Gasteiger charge is 2.12. The summed E-state index contributed by atoms with van der Waals surface area (Å²) in [6.45, 7) is 2.86. The van der Waals surface area contributed by atoms with Crippen molar-refractivity contribution in [2.45, 2.75) is 20.0 Å². The Morgan fingerprint density at radius 1 is 1.33 bits per heavy atom. The number of hydrogen-bond acceptors (Lipinski definition) is 2. The van der Waals surface area contributed by atoms with Crippen LogP contribution in [-0.2, 0) is 13.1 Å². The van der Waals surface area contributed by atoms with Gasteiger partial charge in [-0.2, -0.15) is 0 Å². The molecule has 2 rings (SSSR count). The van der Waals surface area contributed by atoms with E-state index < -0.39 is 0 Å². The third-order valence-electron chi connectivity index (χ3n) is 2.57. The predicted octanol–water partition coefficient (Wildman–Crippen LogP) is 2.13. The summed E-state index contributed by atoms with van der Waals surface area (Å²) in [6, 6.07) is 9.70. The molecule has 0 bridgehead atoms. The Labute approximate surface area is 119 Å². The van der Waals surface area contributed by atoms with Crippen molar-refractivity contribution in [2.75, 3.05) is 0 Å². The molecule has 4 nitrogen and oxygen atoms in total. The molecule has 0 amide bonds. The van der Waals surface area contributed by atoms with E-state index in [-0.39, 0.29) is 5.69 Å². The maximum atomic E-state index is 12.1. The van der Waals surface area contributed by atoms with E-state index in [1.807, 2.05) is 59.8 Å². The van der Waals surface area contributed by atoms with Gasteiger partial charge in [0.15, 0.2) is 5.82 Å². The van der Waals surface area contributed by atoms with Gasteiger partial charge in [-0.1, -0.05) is 36.3 Å². The minimum absolute atomic E-state index is 0.115. The van der Waals surface area contributed by atoms with Crippen molar-refractivity contribution in [3.63, 3.8) is 0 Å². The molecule has 0 spiro atoms. The average Bonchev–Trinajstić information content (AvgIpc) is 2.74. The summed E-state index contributed by atoms with van der Waals surface area (Å²) in [5, 5.41) is 4.35. The van der Waals surface area contributed by atoms with E-state index in [2.05, 4.69) is 14.9 Å². The number of benzene rings is 1. The molecule has 0 atom stereocenters. The van der Waals surface area contributed by atoms with E-state index in [4.69, 9.17) is 0 Å². The van der Waals surface area contributed by atoms with Gasteiger partial charge in [-0.25, -0.2) is 9.48 Å². The highest BCUT2D eigenvalue weighted by Crippen LogP contribution is 2.14. The first kappa shape index (κ1) is 12.9. The first-order chi connectivity index (χ1) is 8.77. The molecular weight excluding hydrogens is 341 g/mol. The molecule has 0 radical (unpaired) electrons. The lowest BCUT2D eigenvalue weighted by Crippen LogP contribution is -2.24. The van der Waals surface area contributed by atoms with Gasteiger partial charge < -0.3 is 0 Å². The van der Waals surface area contributed by atoms with Crippen molar-refractivity contribution in [1.29, 1.82) is 0 Å². The first-order valence-electron chi connectivity index (χ1n) is 5.59. The van der Waals surface area contributed by atoms with Gasteiger partial charge in [0.2, 0.25) is 0 Å². The Morgan fingerprint density at radius 3 is 2.67 bits per heavy atom. The van der Waals surface area contributed by atoms with Gasteiger partial charge in [-0.15, -0.1) is 5.10 Å². The minimum atomic E-state index is -0.115. The fraction of sp³-hybridized carbons (Fsp3) is 0.231. The van der Waals surface area contributed by atoms with E-state index in [1.54, 1.807) is 4.57 Å². The normalized spacial score (nSPS) is 9.89. The van der Waals surface area contributed by atoms with E-state index in [0.29, 0.717) is 18.9 Å².